The van der Waals surface area contributed by atoms with Crippen LogP contribution in [0.5, 0.6) is 11.5 Å². The van der Waals surface area contributed by atoms with E-state index in [1.165, 1.54) is 17.7 Å². The first kappa shape index (κ1) is 21.4. The molecule has 3 N–H and O–H groups in total. The molecule has 1 aliphatic carbocycles. The van der Waals surface area contributed by atoms with E-state index in [0.717, 1.165) is 18.4 Å². The van der Waals surface area contributed by atoms with E-state index in [9.17, 15) is 21.6 Å². The molecule has 3 rings (SSSR count). The molecule has 2 aromatic rings. The lowest BCUT2D eigenvalue weighted by Crippen LogP contribution is -2.18. The van der Waals surface area contributed by atoms with Crippen molar-refractivity contribution in [3.8, 4) is 11.5 Å². The van der Waals surface area contributed by atoms with Crippen LogP contribution < -0.4 is 15.2 Å². The topological polar surface area (TPSA) is 81.4 Å². The predicted octanol–water partition coefficient (Wildman–Crippen LogP) is 4.24. The van der Waals surface area contributed by atoms with Crippen LogP contribution in [0.3, 0.4) is 0 Å². The predicted molar refractivity (Wildman–Crippen MR) is 106 cm³/mol. The van der Waals surface area contributed by atoms with Gasteiger partial charge in [-0.05, 0) is 61.1 Å². The number of anilines is 1. The number of fused-ring (bicyclic) bond motifs is 1. The summed E-state index contributed by atoms with van der Waals surface area (Å²) in [5.74, 6) is 0.905. The van der Waals surface area contributed by atoms with Gasteiger partial charge in [0.1, 0.15) is 11.5 Å². The van der Waals surface area contributed by atoms with E-state index >= 15 is 0 Å². The van der Waals surface area contributed by atoms with Gasteiger partial charge in [0.2, 0.25) is 10.0 Å². The van der Waals surface area contributed by atoms with E-state index in [-0.39, 0.29) is 5.69 Å². The van der Waals surface area contributed by atoms with Gasteiger partial charge < -0.3 is 10.5 Å². The summed E-state index contributed by atoms with van der Waals surface area (Å²) >= 11 is 0. The minimum absolute atomic E-state index is 0.238. The highest BCUT2D eigenvalue weighted by Crippen LogP contribution is 2.36. The zero-order chi connectivity index (χ0) is 21.1. The summed E-state index contributed by atoms with van der Waals surface area (Å²) in [4.78, 5) is 0. The molecule has 0 saturated carbocycles. The highest BCUT2D eigenvalue weighted by molar-refractivity contribution is 7.92. The average Bonchev–Trinajstić information content (AvgIpc) is 3.05. The Bertz CT molecular complexity index is 962. The summed E-state index contributed by atoms with van der Waals surface area (Å²) in [6.45, 7) is 0.597. The fraction of sp³-hybridized carbons (Fsp3) is 0.400. The SMILES string of the molecule is NCC1Cc2cccc(Oc3cccc(NS(=O)(=O)CCCC(F)(F)F)c3)c2C1. The molecule has 0 aliphatic heterocycles. The maximum atomic E-state index is 12.2. The van der Waals surface area contributed by atoms with Crippen molar-refractivity contribution in [2.75, 3.05) is 17.0 Å². The van der Waals surface area contributed by atoms with Crippen LogP contribution in [0.15, 0.2) is 42.5 Å². The van der Waals surface area contributed by atoms with Crippen molar-refractivity contribution in [3.05, 3.63) is 53.6 Å². The van der Waals surface area contributed by atoms with Gasteiger partial charge in [-0.3, -0.25) is 4.72 Å². The molecule has 29 heavy (non-hydrogen) atoms. The molecule has 2 aromatic carbocycles. The van der Waals surface area contributed by atoms with Gasteiger partial charge in [0.15, 0.2) is 0 Å². The van der Waals surface area contributed by atoms with Crippen LogP contribution in [0, 0.1) is 5.92 Å². The third-order valence-corrected chi connectivity index (χ3v) is 6.15. The van der Waals surface area contributed by atoms with Gasteiger partial charge in [0, 0.05) is 12.5 Å². The number of halogens is 3. The van der Waals surface area contributed by atoms with Crippen molar-refractivity contribution in [2.45, 2.75) is 31.9 Å². The summed E-state index contributed by atoms with van der Waals surface area (Å²) in [5.41, 5.74) is 8.31. The summed E-state index contributed by atoms with van der Waals surface area (Å²) < 4.78 is 69.0. The minimum atomic E-state index is -4.37. The van der Waals surface area contributed by atoms with Crippen molar-refractivity contribution >= 4 is 15.7 Å². The van der Waals surface area contributed by atoms with Gasteiger partial charge in [-0.1, -0.05) is 18.2 Å². The zero-order valence-electron chi connectivity index (χ0n) is 15.7. The van der Waals surface area contributed by atoms with Crippen LogP contribution >= 0.6 is 0 Å². The Kier molecular flexibility index (Phi) is 6.38. The Labute approximate surface area is 168 Å². The lowest BCUT2D eigenvalue weighted by Gasteiger charge is -2.13. The van der Waals surface area contributed by atoms with Gasteiger partial charge in [0.05, 0.1) is 11.4 Å². The standard InChI is InChI=1S/C20H23F3N2O3S/c21-20(22,23)8-3-9-29(26,27)25-16-5-2-6-17(12-16)28-19-7-1-4-15-10-14(13-24)11-18(15)19/h1-2,4-7,12,14,25H,3,8-11,13,24H2. The molecule has 0 radical (unpaired) electrons. The first-order chi connectivity index (χ1) is 13.6. The van der Waals surface area contributed by atoms with E-state index in [0.29, 0.717) is 24.0 Å². The van der Waals surface area contributed by atoms with Crippen LogP contribution in [0.4, 0.5) is 18.9 Å². The number of sulfonamides is 1. The second-order valence-corrected chi connectivity index (χ2v) is 9.02. The average molecular weight is 428 g/mol. The van der Waals surface area contributed by atoms with E-state index in [4.69, 9.17) is 10.5 Å². The molecular weight excluding hydrogens is 405 g/mol. The molecule has 9 heteroatoms. The van der Waals surface area contributed by atoms with Crippen molar-refractivity contribution in [1.29, 1.82) is 0 Å². The van der Waals surface area contributed by atoms with Crippen LogP contribution in [0.1, 0.15) is 24.0 Å². The molecule has 0 fully saturated rings. The van der Waals surface area contributed by atoms with E-state index in [1.54, 1.807) is 12.1 Å². The van der Waals surface area contributed by atoms with Crippen molar-refractivity contribution in [2.24, 2.45) is 11.7 Å². The first-order valence-electron chi connectivity index (χ1n) is 9.31. The summed E-state index contributed by atoms with van der Waals surface area (Å²) in [6.07, 6.45) is -4.27. The summed E-state index contributed by atoms with van der Waals surface area (Å²) in [6, 6.07) is 12.1. The van der Waals surface area contributed by atoms with Gasteiger partial charge in [0.25, 0.3) is 0 Å². The normalized spacial score (nSPS) is 16.5. The van der Waals surface area contributed by atoms with Crippen LogP contribution in [0.25, 0.3) is 0 Å². The maximum absolute atomic E-state index is 12.2. The molecule has 5 nitrogen and oxygen atoms in total. The highest BCUT2D eigenvalue weighted by Gasteiger charge is 2.27. The molecule has 0 saturated heterocycles. The third-order valence-electron chi connectivity index (χ3n) is 4.77. The lowest BCUT2D eigenvalue weighted by molar-refractivity contribution is -0.134. The molecule has 1 unspecified atom stereocenters. The third kappa shape index (κ3) is 6.11. The molecule has 0 aromatic heterocycles. The van der Waals surface area contributed by atoms with Crippen molar-refractivity contribution in [3.63, 3.8) is 0 Å². The largest absolute Gasteiger partial charge is 0.457 e. The molecule has 1 atom stereocenters. The maximum Gasteiger partial charge on any atom is 0.389 e. The van der Waals surface area contributed by atoms with Crippen LogP contribution in [-0.2, 0) is 22.9 Å². The van der Waals surface area contributed by atoms with Gasteiger partial charge >= 0.3 is 6.18 Å². The first-order valence-corrected chi connectivity index (χ1v) is 11.0. The second kappa shape index (κ2) is 8.62. The van der Waals surface area contributed by atoms with Gasteiger partial charge in [-0.15, -0.1) is 0 Å². The van der Waals surface area contributed by atoms with Gasteiger partial charge in [-0.25, -0.2) is 8.42 Å². The summed E-state index contributed by atoms with van der Waals surface area (Å²) in [5, 5.41) is 0. The van der Waals surface area contributed by atoms with Crippen molar-refractivity contribution in [1.82, 2.24) is 0 Å². The Morgan fingerprint density at radius 2 is 1.90 bits per heavy atom. The Hall–Kier alpha value is -2.26. The number of nitrogens with two attached hydrogens (primary N) is 1. The molecular formula is C20H23F3N2O3S. The Balaban J connectivity index is 1.68. The van der Waals surface area contributed by atoms with Crippen molar-refractivity contribution < 1.29 is 26.3 Å². The fourth-order valence-corrected chi connectivity index (χ4v) is 4.52. The smallest absolute Gasteiger partial charge is 0.389 e. The molecule has 0 bridgehead atoms. The molecule has 0 amide bonds. The Morgan fingerprint density at radius 1 is 1.14 bits per heavy atom. The number of ether oxygens (including phenoxy) is 1. The lowest BCUT2D eigenvalue weighted by atomic mass is 10.1. The second-order valence-electron chi connectivity index (χ2n) is 7.17. The summed E-state index contributed by atoms with van der Waals surface area (Å²) in [7, 11) is -3.89. The van der Waals surface area contributed by atoms with Gasteiger partial charge in [-0.2, -0.15) is 13.2 Å². The van der Waals surface area contributed by atoms with Crippen LogP contribution in [0.2, 0.25) is 0 Å². The van der Waals surface area contributed by atoms with E-state index in [1.807, 2.05) is 18.2 Å². The zero-order valence-corrected chi connectivity index (χ0v) is 16.5. The highest BCUT2D eigenvalue weighted by atomic mass is 32.2. The molecule has 158 valence electrons. The molecule has 0 spiro atoms. The van der Waals surface area contributed by atoms with E-state index < -0.39 is 34.8 Å². The van der Waals surface area contributed by atoms with E-state index in [2.05, 4.69) is 4.72 Å². The number of alkyl halides is 3. The minimum Gasteiger partial charge on any atom is -0.457 e. The Morgan fingerprint density at radius 3 is 2.62 bits per heavy atom. The number of hydrogen-bond donors (Lipinski definition) is 2. The molecule has 0 heterocycles. The fourth-order valence-electron chi connectivity index (χ4n) is 3.41. The quantitative estimate of drug-likeness (QED) is 0.659. The monoisotopic (exact) mass is 428 g/mol. The number of hydrogen-bond acceptors (Lipinski definition) is 4. The molecule has 1 aliphatic rings. The number of benzene rings is 2. The number of nitrogens with one attached hydrogen (secondary N) is 1. The number of rotatable bonds is 8. The van der Waals surface area contributed by atoms with Crippen LogP contribution in [-0.4, -0.2) is 26.9 Å².